The van der Waals surface area contributed by atoms with Gasteiger partial charge in [-0.25, -0.2) is 4.79 Å². The first-order chi connectivity index (χ1) is 13.3. The predicted molar refractivity (Wildman–Crippen MR) is 111 cm³/mol. The van der Waals surface area contributed by atoms with Crippen molar-refractivity contribution in [3.63, 3.8) is 0 Å². The van der Waals surface area contributed by atoms with E-state index in [1.54, 1.807) is 11.3 Å². The molecule has 2 N–H and O–H groups in total. The van der Waals surface area contributed by atoms with E-state index in [0.717, 1.165) is 29.6 Å². The Balaban J connectivity index is 1.34. The second-order valence-electron chi connectivity index (χ2n) is 6.81. The second kappa shape index (κ2) is 6.59. The topological polar surface area (TPSA) is 48.1 Å². The zero-order valence-electron chi connectivity index (χ0n) is 14.7. The number of aromatic amines is 1. The third-order valence-electron chi connectivity index (χ3n) is 5.14. The third kappa shape index (κ3) is 3.00. The zero-order valence-corrected chi connectivity index (χ0v) is 15.6. The first-order valence-electron chi connectivity index (χ1n) is 9.06. The van der Waals surface area contributed by atoms with Crippen LogP contribution in [0, 0.1) is 0 Å². The maximum Gasteiger partial charge on any atom is 0.322 e. The lowest BCUT2D eigenvalue weighted by Crippen LogP contribution is -2.38. The van der Waals surface area contributed by atoms with Crippen molar-refractivity contribution in [2.75, 3.05) is 11.9 Å². The molecule has 2 aromatic carbocycles. The van der Waals surface area contributed by atoms with Gasteiger partial charge in [-0.2, -0.15) is 0 Å². The van der Waals surface area contributed by atoms with E-state index in [-0.39, 0.29) is 6.03 Å². The number of hydrogen-bond acceptors (Lipinski definition) is 2. The fourth-order valence-electron chi connectivity index (χ4n) is 3.69. The van der Waals surface area contributed by atoms with Crippen LogP contribution in [0.5, 0.6) is 0 Å². The summed E-state index contributed by atoms with van der Waals surface area (Å²) in [5.41, 5.74) is 5.69. The van der Waals surface area contributed by atoms with E-state index in [9.17, 15) is 4.79 Å². The fraction of sp³-hybridized carbons (Fsp3) is 0.136. The third-order valence-corrected chi connectivity index (χ3v) is 6.06. The number of benzene rings is 2. The molecule has 0 unspecified atom stereocenters. The smallest absolute Gasteiger partial charge is 0.322 e. The number of amides is 2. The van der Waals surface area contributed by atoms with Gasteiger partial charge >= 0.3 is 6.03 Å². The number of thiophene rings is 1. The standard InChI is InChI=1S/C22H19N3OS/c26-22(24-20-13-23-19-5-2-1-4-18(19)20)25-10-9-15-12-16(7-8-17(15)14-25)21-6-3-11-27-21/h1-8,11-13,23H,9-10,14H2,(H,24,26). The second-order valence-corrected chi connectivity index (χ2v) is 7.76. The van der Waals surface area contributed by atoms with Crippen molar-refractivity contribution in [3.05, 3.63) is 77.3 Å². The van der Waals surface area contributed by atoms with Crippen LogP contribution >= 0.6 is 11.3 Å². The van der Waals surface area contributed by atoms with Crippen LogP contribution in [0.2, 0.25) is 0 Å². The molecule has 0 saturated heterocycles. The number of carbonyl (C=O) groups is 1. The van der Waals surface area contributed by atoms with Crippen molar-refractivity contribution >= 4 is 34.0 Å². The molecule has 0 bridgehead atoms. The number of urea groups is 1. The van der Waals surface area contributed by atoms with E-state index in [1.165, 1.54) is 21.6 Å². The van der Waals surface area contributed by atoms with E-state index in [4.69, 9.17) is 0 Å². The average Bonchev–Trinajstić information content (AvgIpc) is 3.38. The minimum atomic E-state index is -0.0484. The molecule has 2 amide bonds. The number of aromatic nitrogens is 1. The molecule has 0 aliphatic carbocycles. The van der Waals surface area contributed by atoms with Crippen LogP contribution in [-0.2, 0) is 13.0 Å². The van der Waals surface area contributed by atoms with Gasteiger partial charge in [-0.15, -0.1) is 11.3 Å². The Labute approximate surface area is 161 Å². The molecule has 2 aromatic heterocycles. The number of carbonyl (C=O) groups excluding carboxylic acids is 1. The van der Waals surface area contributed by atoms with E-state index < -0.39 is 0 Å². The number of H-pyrrole nitrogens is 1. The van der Waals surface area contributed by atoms with Gasteiger partial charge in [-0.3, -0.25) is 0 Å². The Morgan fingerprint density at radius 1 is 1.07 bits per heavy atom. The van der Waals surface area contributed by atoms with Crippen molar-refractivity contribution in [1.82, 2.24) is 9.88 Å². The summed E-state index contributed by atoms with van der Waals surface area (Å²) in [6.07, 6.45) is 2.74. The lowest BCUT2D eigenvalue weighted by Gasteiger charge is -2.29. The van der Waals surface area contributed by atoms with Crippen LogP contribution in [0.15, 0.2) is 66.2 Å². The Bertz CT molecular complexity index is 1110. The number of hydrogen-bond donors (Lipinski definition) is 2. The van der Waals surface area contributed by atoms with Crippen molar-refractivity contribution in [2.45, 2.75) is 13.0 Å². The summed E-state index contributed by atoms with van der Waals surface area (Å²) in [6, 6.07) is 18.8. The van der Waals surface area contributed by atoms with Gasteiger partial charge in [0.15, 0.2) is 0 Å². The summed E-state index contributed by atoms with van der Waals surface area (Å²) < 4.78 is 0. The fourth-order valence-corrected chi connectivity index (χ4v) is 4.42. The number of nitrogens with zero attached hydrogens (tertiary/aromatic N) is 1. The van der Waals surface area contributed by atoms with Crippen molar-refractivity contribution in [3.8, 4) is 10.4 Å². The van der Waals surface area contributed by atoms with Crippen LogP contribution in [0.4, 0.5) is 10.5 Å². The van der Waals surface area contributed by atoms with Crippen LogP contribution in [0.3, 0.4) is 0 Å². The molecule has 1 aliphatic rings. The first-order valence-corrected chi connectivity index (χ1v) is 9.93. The molecule has 134 valence electrons. The van der Waals surface area contributed by atoms with Crippen LogP contribution < -0.4 is 5.32 Å². The normalized spacial score (nSPS) is 13.6. The van der Waals surface area contributed by atoms with Gasteiger partial charge in [0, 0.05) is 35.1 Å². The average molecular weight is 373 g/mol. The summed E-state index contributed by atoms with van der Waals surface area (Å²) >= 11 is 1.76. The molecular formula is C22H19N3OS. The van der Waals surface area contributed by atoms with Gasteiger partial charge in [0.05, 0.1) is 5.69 Å². The number of rotatable bonds is 2. The van der Waals surface area contributed by atoms with E-state index >= 15 is 0 Å². The number of para-hydroxylation sites is 1. The van der Waals surface area contributed by atoms with Gasteiger partial charge in [-0.05, 0) is 46.7 Å². The molecule has 4 nitrogen and oxygen atoms in total. The van der Waals surface area contributed by atoms with Crippen LogP contribution in [0.1, 0.15) is 11.1 Å². The lowest BCUT2D eigenvalue weighted by atomic mass is 9.97. The van der Waals surface area contributed by atoms with Crippen molar-refractivity contribution in [1.29, 1.82) is 0 Å². The quantitative estimate of drug-likeness (QED) is 0.480. The molecular weight excluding hydrogens is 354 g/mol. The molecule has 0 radical (unpaired) electrons. The van der Waals surface area contributed by atoms with Crippen molar-refractivity contribution in [2.24, 2.45) is 0 Å². The summed E-state index contributed by atoms with van der Waals surface area (Å²) in [5, 5.41) is 6.19. The summed E-state index contributed by atoms with van der Waals surface area (Å²) in [6.45, 7) is 1.38. The zero-order chi connectivity index (χ0) is 18.2. The van der Waals surface area contributed by atoms with E-state index in [2.05, 4.69) is 46.0 Å². The highest BCUT2D eigenvalue weighted by Crippen LogP contribution is 2.29. The lowest BCUT2D eigenvalue weighted by molar-refractivity contribution is 0.206. The highest BCUT2D eigenvalue weighted by atomic mass is 32.1. The van der Waals surface area contributed by atoms with Gasteiger partial charge in [-0.1, -0.05) is 36.4 Å². The highest BCUT2D eigenvalue weighted by Gasteiger charge is 2.22. The Morgan fingerprint density at radius 2 is 2.00 bits per heavy atom. The minimum absolute atomic E-state index is 0.0484. The highest BCUT2D eigenvalue weighted by molar-refractivity contribution is 7.13. The van der Waals surface area contributed by atoms with Gasteiger partial charge in [0.25, 0.3) is 0 Å². The summed E-state index contributed by atoms with van der Waals surface area (Å²) in [4.78, 5) is 19.1. The maximum atomic E-state index is 12.8. The molecule has 0 atom stereocenters. The summed E-state index contributed by atoms with van der Waals surface area (Å²) in [7, 11) is 0. The molecule has 4 aromatic rings. The largest absolute Gasteiger partial charge is 0.359 e. The SMILES string of the molecule is O=C(Nc1c[nH]c2ccccc12)N1CCc2cc(-c3cccs3)ccc2C1. The maximum absolute atomic E-state index is 12.8. The minimum Gasteiger partial charge on any atom is -0.359 e. The van der Waals surface area contributed by atoms with Gasteiger partial charge in [0.1, 0.15) is 0 Å². The molecule has 3 heterocycles. The van der Waals surface area contributed by atoms with Crippen LogP contribution in [-0.4, -0.2) is 22.5 Å². The van der Waals surface area contributed by atoms with E-state index in [1.807, 2.05) is 35.4 Å². The summed E-state index contributed by atoms with van der Waals surface area (Å²) in [5.74, 6) is 0. The van der Waals surface area contributed by atoms with Crippen molar-refractivity contribution < 1.29 is 4.79 Å². The number of anilines is 1. The molecule has 5 rings (SSSR count). The predicted octanol–water partition coefficient (Wildman–Crippen LogP) is 5.49. The number of fused-ring (bicyclic) bond motifs is 2. The Hall–Kier alpha value is -3.05. The van der Waals surface area contributed by atoms with Gasteiger partial charge in [0.2, 0.25) is 0 Å². The molecule has 0 spiro atoms. The molecule has 27 heavy (non-hydrogen) atoms. The van der Waals surface area contributed by atoms with Gasteiger partial charge < -0.3 is 15.2 Å². The molecule has 0 saturated carbocycles. The Morgan fingerprint density at radius 3 is 2.89 bits per heavy atom. The Kier molecular flexibility index (Phi) is 3.94. The van der Waals surface area contributed by atoms with E-state index in [0.29, 0.717) is 6.54 Å². The molecule has 5 heteroatoms. The first kappa shape index (κ1) is 16.1. The van der Waals surface area contributed by atoms with Crippen LogP contribution in [0.25, 0.3) is 21.3 Å². The number of nitrogens with one attached hydrogen (secondary N) is 2. The molecule has 1 aliphatic heterocycles. The monoisotopic (exact) mass is 373 g/mol. The molecule has 0 fully saturated rings.